The van der Waals surface area contributed by atoms with Gasteiger partial charge in [0.25, 0.3) is 11.5 Å². The van der Waals surface area contributed by atoms with Gasteiger partial charge in [-0.3, -0.25) is 18.8 Å². The van der Waals surface area contributed by atoms with Crippen LogP contribution in [0.4, 0.5) is 0 Å². The molecule has 3 rings (SSSR count). The lowest BCUT2D eigenvalue weighted by Crippen LogP contribution is -2.34. The third-order valence-corrected chi connectivity index (χ3v) is 3.86. The van der Waals surface area contributed by atoms with Crippen molar-refractivity contribution in [1.29, 1.82) is 0 Å². The molecule has 28 heavy (non-hydrogen) atoms. The second-order valence-corrected chi connectivity index (χ2v) is 5.99. The van der Waals surface area contributed by atoms with E-state index in [9.17, 15) is 14.4 Å². The highest BCUT2D eigenvalue weighted by atomic mass is 16.5. The van der Waals surface area contributed by atoms with Crippen molar-refractivity contribution in [2.24, 2.45) is 0 Å². The maximum atomic E-state index is 12.2. The molecule has 1 aromatic carbocycles. The molecule has 0 aliphatic rings. The molecule has 0 fully saturated rings. The van der Waals surface area contributed by atoms with Gasteiger partial charge in [-0.05, 0) is 31.2 Å². The summed E-state index contributed by atoms with van der Waals surface area (Å²) in [7, 11) is 0. The molecule has 0 atom stereocenters. The number of esters is 1. The molecule has 3 aromatic rings. The van der Waals surface area contributed by atoms with Gasteiger partial charge in [0.05, 0.1) is 5.69 Å². The number of fused-ring (bicyclic) bond motifs is 1. The van der Waals surface area contributed by atoms with E-state index in [0.717, 1.165) is 5.69 Å². The smallest absolute Gasteiger partial charge is 0.325 e. The number of carbonyl (C=O) groups excluding carboxylic acids is 2. The second kappa shape index (κ2) is 8.81. The Bertz CT molecular complexity index is 1050. The molecule has 0 saturated carbocycles. The molecule has 2 heterocycles. The molecule has 1 amide bonds. The van der Waals surface area contributed by atoms with E-state index in [2.05, 4.69) is 10.3 Å². The predicted octanol–water partition coefficient (Wildman–Crippen LogP) is 1.24. The van der Waals surface area contributed by atoms with E-state index in [4.69, 9.17) is 9.47 Å². The first-order chi connectivity index (χ1) is 13.5. The highest BCUT2D eigenvalue weighted by Gasteiger charge is 2.10. The summed E-state index contributed by atoms with van der Waals surface area (Å²) in [6.45, 7) is 1.14. The lowest BCUT2D eigenvalue weighted by atomic mass is 10.3. The molecule has 0 saturated heterocycles. The number of pyridine rings is 1. The Balaban J connectivity index is 1.47. The number of nitrogens with one attached hydrogen (secondary N) is 1. The highest BCUT2D eigenvalue weighted by molar-refractivity contribution is 5.82. The third-order valence-electron chi connectivity index (χ3n) is 3.86. The van der Waals surface area contributed by atoms with Crippen LogP contribution in [-0.2, 0) is 20.9 Å². The molecule has 0 aliphatic heterocycles. The van der Waals surface area contributed by atoms with Crippen LogP contribution in [-0.4, -0.2) is 34.4 Å². The first-order valence-electron chi connectivity index (χ1n) is 8.61. The van der Waals surface area contributed by atoms with Gasteiger partial charge in [0.2, 0.25) is 0 Å². The molecule has 8 nitrogen and oxygen atoms in total. The number of amides is 1. The summed E-state index contributed by atoms with van der Waals surface area (Å²) >= 11 is 0. The van der Waals surface area contributed by atoms with Gasteiger partial charge in [-0.25, -0.2) is 4.98 Å². The maximum Gasteiger partial charge on any atom is 0.325 e. The predicted molar refractivity (Wildman–Crippen MR) is 101 cm³/mol. The van der Waals surface area contributed by atoms with Gasteiger partial charge in [0.1, 0.15) is 24.5 Å². The minimum Gasteiger partial charge on any atom is -0.484 e. The third kappa shape index (κ3) is 4.94. The molecule has 0 radical (unpaired) electrons. The molecular formula is C20H19N3O5. The normalized spacial score (nSPS) is 10.5. The lowest BCUT2D eigenvalue weighted by Gasteiger charge is -2.09. The topological polar surface area (TPSA) is 99.0 Å². The number of aromatic nitrogens is 2. The Hall–Kier alpha value is -3.68. The highest BCUT2D eigenvalue weighted by Crippen LogP contribution is 2.07. The van der Waals surface area contributed by atoms with Gasteiger partial charge < -0.3 is 14.8 Å². The van der Waals surface area contributed by atoms with E-state index in [-0.39, 0.29) is 25.3 Å². The molecule has 0 bridgehead atoms. The number of ether oxygens (including phenoxy) is 2. The van der Waals surface area contributed by atoms with Crippen molar-refractivity contribution in [3.63, 3.8) is 0 Å². The van der Waals surface area contributed by atoms with Crippen molar-refractivity contribution < 1.29 is 19.1 Å². The average Bonchev–Trinajstić information content (AvgIpc) is 2.69. The van der Waals surface area contributed by atoms with Gasteiger partial charge in [0.15, 0.2) is 6.61 Å². The fourth-order valence-corrected chi connectivity index (χ4v) is 2.53. The Labute approximate surface area is 160 Å². The first kappa shape index (κ1) is 19.1. The van der Waals surface area contributed by atoms with Crippen LogP contribution in [0.5, 0.6) is 5.75 Å². The van der Waals surface area contributed by atoms with Crippen LogP contribution in [0.2, 0.25) is 0 Å². The number of hydrogen-bond acceptors (Lipinski definition) is 6. The summed E-state index contributed by atoms with van der Waals surface area (Å²) in [6.07, 6.45) is 0. The second-order valence-electron chi connectivity index (χ2n) is 5.99. The van der Waals surface area contributed by atoms with Crippen LogP contribution in [0.1, 0.15) is 11.4 Å². The van der Waals surface area contributed by atoms with E-state index >= 15 is 0 Å². The van der Waals surface area contributed by atoms with Crippen LogP contribution in [0.3, 0.4) is 0 Å². The van der Waals surface area contributed by atoms with Gasteiger partial charge in [-0.15, -0.1) is 0 Å². The van der Waals surface area contributed by atoms with Crippen molar-refractivity contribution in [2.45, 2.75) is 13.5 Å². The van der Waals surface area contributed by atoms with E-state index in [0.29, 0.717) is 17.1 Å². The number of rotatable bonds is 7. The summed E-state index contributed by atoms with van der Waals surface area (Å²) < 4.78 is 11.8. The zero-order valence-electron chi connectivity index (χ0n) is 15.3. The van der Waals surface area contributed by atoms with Crippen LogP contribution in [0.25, 0.3) is 5.65 Å². The minimum atomic E-state index is -0.640. The maximum absolute atomic E-state index is 12.2. The van der Waals surface area contributed by atoms with Crippen LogP contribution < -0.4 is 15.6 Å². The number of nitrogens with zero attached hydrogens (tertiary/aromatic N) is 2. The summed E-state index contributed by atoms with van der Waals surface area (Å²) in [6, 6.07) is 15.5. The molecular weight excluding hydrogens is 362 g/mol. The first-order valence-corrected chi connectivity index (χ1v) is 8.61. The molecule has 0 unspecified atom stereocenters. The quantitative estimate of drug-likeness (QED) is 0.618. The van der Waals surface area contributed by atoms with Crippen LogP contribution in [0.15, 0.2) is 59.4 Å². The summed E-state index contributed by atoms with van der Waals surface area (Å²) in [4.78, 5) is 40.0. The molecule has 8 heteroatoms. The monoisotopic (exact) mass is 381 g/mol. The fourth-order valence-electron chi connectivity index (χ4n) is 2.53. The van der Waals surface area contributed by atoms with Gasteiger partial charge in [-0.1, -0.05) is 24.3 Å². The largest absolute Gasteiger partial charge is 0.484 e. The van der Waals surface area contributed by atoms with E-state index < -0.39 is 11.9 Å². The average molecular weight is 381 g/mol. The Morgan fingerprint density at radius 1 is 1.11 bits per heavy atom. The van der Waals surface area contributed by atoms with E-state index in [1.807, 2.05) is 6.07 Å². The van der Waals surface area contributed by atoms with E-state index in [1.54, 1.807) is 49.4 Å². The minimum absolute atomic E-state index is 0.158. The van der Waals surface area contributed by atoms with Crippen molar-refractivity contribution in [1.82, 2.24) is 14.7 Å². The molecule has 1 N–H and O–H groups in total. The summed E-state index contributed by atoms with van der Waals surface area (Å²) in [5.41, 5.74) is 1.33. The SMILES string of the molecule is Cc1cccc2nc(COC(=O)CNC(=O)COc3ccccc3)cc(=O)n12. The van der Waals surface area contributed by atoms with Gasteiger partial charge in [0, 0.05) is 11.8 Å². The van der Waals surface area contributed by atoms with Crippen LogP contribution in [0, 0.1) is 6.92 Å². The zero-order valence-corrected chi connectivity index (χ0v) is 15.3. The summed E-state index contributed by atoms with van der Waals surface area (Å²) in [5, 5.41) is 2.41. The number of benzene rings is 1. The molecule has 2 aromatic heterocycles. The Morgan fingerprint density at radius 2 is 1.89 bits per heavy atom. The standard InChI is InChI=1S/C20H19N3O5/c1-14-6-5-9-17-22-15(10-19(25)23(14)17)12-28-20(26)11-21-18(24)13-27-16-7-3-2-4-8-16/h2-10H,11-13H2,1H3,(H,21,24). The number of aryl methyl sites for hydroxylation is 1. The molecule has 144 valence electrons. The van der Waals surface area contributed by atoms with E-state index in [1.165, 1.54) is 10.5 Å². The van der Waals surface area contributed by atoms with Crippen molar-refractivity contribution in [2.75, 3.05) is 13.2 Å². The van der Waals surface area contributed by atoms with Crippen LogP contribution >= 0.6 is 0 Å². The molecule has 0 aliphatic carbocycles. The van der Waals surface area contributed by atoms with Gasteiger partial charge >= 0.3 is 5.97 Å². The Morgan fingerprint density at radius 3 is 2.68 bits per heavy atom. The fraction of sp³-hybridized carbons (Fsp3) is 0.200. The molecule has 0 spiro atoms. The van der Waals surface area contributed by atoms with Crippen molar-refractivity contribution in [3.05, 3.63) is 76.3 Å². The number of carbonyl (C=O) groups is 2. The lowest BCUT2D eigenvalue weighted by molar-refractivity contribution is -0.145. The van der Waals surface area contributed by atoms with Crippen molar-refractivity contribution >= 4 is 17.5 Å². The number of para-hydroxylation sites is 1. The zero-order chi connectivity index (χ0) is 19.9. The Kier molecular flexibility index (Phi) is 6.01. The number of hydrogen-bond donors (Lipinski definition) is 1. The summed E-state index contributed by atoms with van der Waals surface area (Å²) in [5.74, 6) is -0.526. The van der Waals surface area contributed by atoms with Crippen molar-refractivity contribution in [3.8, 4) is 5.75 Å². The van der Waals surface area contributed by atoms with Gasteiger partial charge in [-0.2, -0.15) is 0 Å².